The second-order valence-corrected chi connectivity index (χ2v) is 4.76. The molecule has 0 saturated carbocycles. The number of nitrogens with one attached hydrogen (secondary N) is 2. The summed E-state index contributed by atoms with van der Waals surface area (Å²) in [5.74, 6) is 1.63. The lowest BCUT2D eigenvalue weighted by Gasteiger charge is -2.17. The van der Waals surface area contributed by atoms with Gasteiger partial charge in [-0.2, -0.15) is 11.8 Å². The first-order valence-corrected chi connectivity index (χ1v) is 6.46. The van der Waals surface area contributed by atoms with Crippen LogP contribution in [0.15, 0.2) is 0 Å². The number of rotatable bonds is 7. The number of carbonyl (C=O) groups excluding carboxylic acids is 1. The third-order valence-corrected chi connectivity index (χ3v) is 2.77. The van der Waals surface area contributed by atoms with Gasteiger partial charge in [0.15, 0.2) is 0 Å². The van der Waals surface area contributed by atoms with E-state index in [0.29, 0.717) is 12.5 Å². The molecule has 0 aromatic heterocycles. The molecular formula is C10H22N2OS. The zero-order valence-electron chi connectivity index (χ0n) is 9.59. The van der Waals surface area contributed by atoms with Gasteiger partial charge in [0.25, 0.3) is 0 Å². The Kier molecular flexibility index (Phi) is 7.99. The van der Waals surface area contributed by atoms with Crippen LogP contribution in [0.5, 0.6) is 0 Å². The molecule has 0 heterocycles. The molecule has 0 aliphatic rings. The van der Waals surface area contributed by atoms with Gasteiger partial charge in [-0.3, -0.25) is 4.79 Å². The van der Waals surface area contributed by atoms with Crippen molar-refractivity contribution >= 4 is 17.7 Å². The lowest BCUT2D eigenvalue weighted by atomic mass is 10.1. The predicted molar refractivity (Wildman–Crippen MR) is 63.7 cm³/mol. The molecule has 0 aromatic rings. The summed E-state index contributed by atoms with van der Waals surface area (Å²) in [6.45, 7) is 7.56. The summed E-state index contributed by atoms with van der Waals surface area (Å²) < 4.78 is 0. The van der Waals surface area contributed by atoms with Crippen molar-refractivity contribution < 1.29 is 4.79 Å². The summed E-state index contributed by atoms with van der Waals surface area (Å²) in [6, 6.07) is 0.254. The average Bonchev–Trinajstić information content (AvgIpc) is 2.12. The summed E-state index contributed by atoms with van der Waals surface area (Å²) in [7, 11) is 0. The van der Waals surface area contributed by atoms with Gasteiger partial charge in [0.05, 0.1) is 6.54 Å². The molecule has 0 aliphatic carbocycles. The third kappa shape index (κ3) is 7.21. The third-order valence-electron chi connectivity index (χ3n) is 2.16. The summed E-state index contributed by atoms with van der Waals surface area (Å²) >= 11 is 1.78. The largest absolute Gasteiger partial charge is 0.352 e. The molecule has 3 nitrogen and oxygen atoms in total. The average molecular weight is 218 g/mol. The molecule has 0 saturated heterocycles. The molecule has 1 unspecified atom stereocenters. The molecule has 4 heteroatoms. The lowest BCUT2D eigenvalue weighted by molar-refractivity contribution is -0.121. The van der Waals surface area contributed by atoms with Crippen molar-refractivity contribution in [3.63, 3.8) is 0 Å². The first kappa shape index (κ1) is 13.8. The maximum atomic E-state index is 11.3. The molecule has 0 aliphatic heterocycles. The van der Waals surface area contributed by atoms with E-state index in [1.165, 1.54) is 0 Å². The molecule has 2 N–H and O–H groups in total. The van der Waals surface area contributed by atoms with E-state index in [4.69, 9.17) is 0 Å². The maximum absolute atomic E-state index is 11.3. The summed E-state index contributed by atoms with van der Waals surface area (Å²) in [5.41, 5.74) is 0. The predicted octanol–water partition coefficient (Wildman–Crippen LogP) is 1.10. The Hall–Kier alpha value is -0.220. The fourth-order valence-electron chi connectivity index (χ4n) is 0.848. The molecule has 1 amide bonds. The van der Waals surface area contributed by atoms with E-state index < -0.39 is 0 Å². The van der Waals surface area contributed by atoms with Crippen molar-refractivity contribution in [3.05, 3.63) is 0 Å². The Balaban J connectivity index is 3.45. The van der Waals surface area contributed by atoms with E-state index in [-0.39, 0.29) is 11.9 Å². The van der Waals surface area contributed by atoms with Crippen LogP contribution in [0.3, 0.4) is 0 Å². The zero-order chi connectivity index (χ0) is 11.0. The number of hydrogen-bond donors (Lipinski definition) is 2. The van der Waals surface area contributed by atoms with Gasteiger partial charge >= 0.3 is 0 Å². The Labute approximate surface area is 91.4 Å². The highest BCUT2D eigenvalue weighted by Crippen LogP contribution is 1.98. The highest BCUT2D eigenvalue weighted by atomic mass is 32.2. The standard InChI is InChI=1S/C10H22N2OS/c1-8(2)9(3)12-10(13)7-11-5-6-14-4/h8-9,11H,5-7H2,1-4H3,(H,12,13). The Bertz CT molecular complexity index is 162. The minimum atomic E-state index is 0.0901. The van der Waals surface area contributed by atoms with E-state index in [2.05, 4.69) is 30.7 Å². The smallest absolute Gasteiger partial charge is 0.234 e. The van der Waals surface area contributed by atoms with Crippen molar-refractivity contribution in [2.24, 2.45) is 5.92 Å². The number of thioether (sulfide) groups is 1. The molecule has 0 aromatic carbocycles. The number of carbonyl (C=O) groups is 1. The van der Waals surface area contributed by atoms with Gasteiger partial charge in [0.1, 0.15) is 0 Å². The van der Waals surface area contributed by atoms with Gasteiger partial charge in [-0.15, -0.1) is 0 Å². The van der Waals surface area contributed by atoms with Crippen LogP contribution < -0.4 is 10.6 Å². The Morgan fingerprint density at radius 1 is 1.36 bits per heavy atom. The van der Waals surface area contributed by atoms with Gasteiger partial charge in [-0.05, 0) is 19.1 Å². The van der Waals surface area contributed by atoms with Crippen molar-refractivity contribution in [1.82, 2.24) is 10.6 Å². The second-order valence-electron chi connectivity index (χ2n) is 3.77. The van der Waals surface area contributed by atoms with E-state index >= 15 is 0 Å². The van der Waals surface area contributed by atoms with Gasteiger partial charge in [0.2, 0.25) is 5.91 Å². The second kappa shape index (κ2) is 8.12. The highest BCUT2D eigenvalue weighted by molar-refractivity contribution is 7.98. The fourth-order valence-corrected chi connectivity index (χ4v) is 1.20. The molecule has 0 radical (unpaired) electrons. The number of amides is 1. The summed E-state index contributed by atoms with van der Waals surface area (Å²) in [6.07, 6.45) is 2.06. The minimum absolute atomic E-state index is 0.0901. The van der Waals surface area contributed by atoms with Gasteiger partial charge in [-0.1, -0.05) is 13.8 Å². The van der Waals surface area contributed by atoms with E-state index in [0.717, 1.165) is 12.3 Å². The van der Waals surface area contributed by atoms with Gasteiger partial charge in [0, 0.05) is 18.3 Å². The SMILES string of the molecule is CSCCNCC(=O)NC(C)C(C)C. The molecular weight excluding hydrogens is 196 g/mol. The topological polar surface area (TPSA) is 41.1 Å². The monoisotopic (exact) mass is 218 g/mol. The maximum Gasteiger partial charge on any atom is 0.234 e. The van der Waals surface area contributed by atoms with Crippen LogP contribution in [0, 0.1) is 5.92 Å². The van der Waals surface area contributed by atoms with E-state index in [1.807, 2.05) is 6.92 Å². The van der Waals surface area contributed by atoms with Crippen LogP contribution in [0.4, 0.5) is 0 Å². The van der Waals surface area contributed by atoms with Gasteiger partial charge in [-0.25, -0.2) is 0 Å². The van der Waals surface area contributed by atoms with Gasteiger partial charge < -0.3 is 10.6 Å². The molecule has 0 bridgehead atoms. The van der Waals surface area contributed by atoms with Crippen molar-refractivity contribution in [2.45, 2.75) is 26.8 Å². The first-order valence-electron chi connectivity index (χ1n) is 5.07. The van der Waals surface area contributed by atoms with E-state index in [1.54, 1.807) is 11.8 Å². The minimum Gasteiger partial charge on any atom is -0.352 e. The van der Waals surface area contributed by atoms with Crippen molar-refractivity contribution in [2.75, 3.05) is 25.1 Å². The van der Waals surface area contributed by atoms with Crippen molar-refractivity contribution in [1.29, 1.82) is 0 Å². The Morgan fingerprint density at radius 3 is 2.50 bits per heavy atom. The van der Waals surface area contributed by atoms with Crippen molar-refractivity contribution in [3.8, 4) is 0 Å². The summed E-state index contributed by atoms with van der Waals surface area (Å²) in [4.78, 5) is 11.3. The number of hydrogen-bond acceptors (Lipinski definition) is 3. The molecule has 0 spiro atoms. The van der Waals surface area contributed by atoms with Crippen LogP contribution in [-0.4, -0.2) is 37.0 Å². The van der Waals surface area contributed by atoms with Crippen LogP contribution in [0.2, 0.25) is 0 Å². The summed E-state index contributed by atoms with van der Waals surface area (Å²) in [5, 5.41) is 6.05. The first-order chi connectivity index (χ1) is 6.57. The van der Waals surface area contributed by atoms with Crippen LogP contribution in [0.1, 0.15) is 20.8 Å². The van der Waals surface area contributed by atoms with Crippen LogP contribution >= 0.6 is 11.8 Å². The van der Waals surface area contributed by atoms with E-state index in [9.17, 15) is 4.79 Å². The molecule has 84 valence electrons. The Morgan fingerprint density at radius 2 is 2.00 bits per heavy atom. The zero-order valence-corrected chi connectivity index (χ0v) is 10.4. The van der Waals surface area contributed by atoms with Crippen LogP contribution in [0.25, 0.3) is 0 Å². The molecule has 0 rings (SSSR count). The lowest BCUT2D eigenvalue weighted by Crippen LogP contribution is -2.41. The highest BCUT2D eigenvalue weighted by Gasteiger charge is 2.09. The van der Waals surface area contributed by atoms with Crippen LogP contribution in [-0.2, 0) is 4.79 Å². The molecule has 1 atom stereocenters. The molecule has 0 fully saturated rings. The quantitative estimate of drug-likeness (QED) is 0.629. The fraction of sp³-hybridized carbons (Fsp3) is 0.900. The molecule has 14 heavy (non-hydrogen) atoms. The normalized spacial score (nSPS) is 12.9.